The molecule has 1 saturated heterocycles. The first kappa shape index (κ1) is 26.3. The number of anilines is 2. The number of nitriles is 1. The maximum atomic E-state index is 13.4. The van der Waals surface area contributed by atoms with Gasteiger partial charge >= 0.3 is 0 Å². The minimum atomic E-state index is -1.03. The number of aromatic nitrogens is 1. The highest BCUT2D eigenvalue weighted by Gasteiger charge is 2.33. The average Bonchev–Trinajstić information content (AvgIpc) is 3.75. The Morgan fingerprint density at radius 1 is 1.30 bits per heavy atom. The number of methoxy groups -OCH3 is 1. The van der Waals surface area contributed by atoms with E-state index in [2.05, 4.69) is 17.5 Å². The highest BCUT2D eigenvalue weighted by atomic mass is 19.1. The number of amides is 2. The normalized spacial score (nSPS) is 17.3. The summed E-state index contributed by atoms with van der Waals surface area (Å²) in [6.45, 7) is 7.23. The third kappa shape index (κ3) is 5.65. The highest BCUT2D eigenvalue weighted by molar-refractivity contribution is 6.03. The van der Waals surface area contributed by atoms with Gasteiger partial charge in [0, 0.05) is 57.0 Å². The summed E-state index contributed by atoms with van der Waals surface area (Å²) < 4.78 is 18.5. The quantitative estimate of drug-likeness (QED) is 0.504. The van der Waals surface area contributed by atoms with E-state index in [1.54, 1.807) is 25.3 Å². The van der Waals surface area contributed by atoms with Crippen molar-refractivity contribution >= 4 is 23.3 Å². The van der Waals surface area contributed by atoms with Crippen LogP contribution in [0.1, 0.15) is 43.4 Å². The van der Waals surface area contributed by atoms with Gasteiger partial charge in [0.1, 0.15) is 11.9 Å². The predicted molar refractivity (Wildman–Crippen MR) is 140 cm³/mol. The topological polar surface area (TPSA) is 89.8 Å². The molecule has 0 bridgehead atoms. The van der Waals surface area contributed by atoms with E-state index >= 15 is 0 Å². The lowest BCUT2D eigenvalue weighted by atomic mass is 9.98. The number of rotatable bonds is 8. The molecule has 2 aromatic rings. The number of halogens is 1. The van der Waals surface area contributed by atoms with Crippen LogP contribution >= 0.6 is 0 Å². The zero-order chi connectivity index (χ0) is 26.7. The molecule has 194 valence electrons. The van der Waals surface area contributed by atoms with Crippen LogP contribution in [0.5, 0.6) is 0 Å². The number of carbonyl (C=O) groups excluding carboxylic acids is 2. The first-order valence-electron chi connectivity index (χ1n) is 12.5. The summed E-state index contributed by atoms with van der Waals surface area (Å²) in [6, 6.07) is 11.4. The van der Waals surface area contributed by atoms with Crippen LogP contribution in [0.15, 0.2) is 42.7 Å². The zero-order valence-electron chi connectivity index (χ0n) is 21.5. The van der Waals surface area contributed by atoms with Crippen molar-refractivity contribution in [2.24, 2.45) is 0 Å². The monoisotopic (exact) mass is 505 g/mol. The van der Waals surface area contributed by atoms with Crippen molar-refractivity contribution < 1.29 is 18.7 Å². The number of hydrogen-bond acceptors (Lipinski definition) is 6. The van der Waals surface area contributed by atoms with Gasteiger partial charge in [-0.1, -0.05) is 18.7 Å². The van der Waals surface area contributed by atoms with Crippen LogP contribution < -0.4 is 9.80 Å². The number of nitrogens with zero attached hydrogens (tertiary/aromatic N) is 5. The van der Waals surface area contributed by atoms with Gasteiger partial charge in [0.05, 0.1) is 24.3 Å². The van der Waals surface area contributed by atoms with E-state index in [0.29, 0.717) is 55.6 Å². The molecule has 8 nitrogen and oxygen atoms in total. The molecule has 0 N–H and O–H groups in total. The smallest absolute Gasteiger partial charge is 0.286 e. The molecule has 1 atom stereocenters. The fourth-order valence-corrected chi connectivity index (χ4v) is 4.77. The van der Waals surface area contributed by atoms with Crippen molar-refractivity contribution in [3.05, 3.63) is 54.0 Å². The van der Waals surface area contributed by atoms with E-state index in [4.69, 9.17) is 9.72 Å². The van der Waals surface area contributed by atoms with Crippen molar-refractivity contribution in [1.29, 1.82) is 5.26 Å². The predicted octanol–water partition coefficient (Wildman–Crippen LogP) is 4.02. The number of ether oxygens (including phenoxy) is 1. The molecule has 1 aromatic heterocycles. The summed E-state index contributed by atoms with van der Waals surface area (Å²) in [7, 11) is 3.08. The molecule has 0 radical (unpaired) electrons. The third-order valence-corrected chi connectivity index (χ3v) is 6.96. The van der Waals surface area contributed by atoms with Gasteiger partial charge in [0.15, 0.2) is 5.83 Å². The SMILES string of the molecule is C=C(F)C(=O)N(C)c1cccc(-c2cc(C#N)c(N3CCN(C(=O)CCOC)[C@H](C)C3)nc2C2CC2)c1. The summed E-state index contributed by atoms with van der Waals surface area (Å²) in [4.78, 5) is 34.8. The number of hydrogen-bond donors (Lipinski definition) is 0. The van der Waals surface area contributed by atoms with Crippen LogP contribution in [0.4, 0.5) is 15.9 Å². The Kier molecular flexibility index (Phi) is 7.89. The Morgan fingerprint density at radius 2 is 2.05 bits per heavy atom. The number of piperazine rings is 1. The second-order valence-corrected chi connectivity index (χ2v) is 9.62. The second kappa shape index (κ2) is 11.1. The molecule has 4 rings (SSSR count). The van der Waals surface area contributed by atoms with Crippen molar-refractivity contribution in [2.45, 2.75) is 38.1 Å². The van der Waals surface area contributed by atoms with Crippen molar-refractivity contribution in [3.63, 3.8) is 0 Å². The van der Waals surface area contributed by atoms with Gasteiger partial charge in [-0.25, -0.2) is 9.37 Å². The first-order valence-corrected chi connectivity index (χ1v) is 12.5. The number of pyridine rings is 1. The van der Waals surface area contributed by atoms with Crippen LogP contribution in [-0.4, -0.2) is 68.1 Å². The molecule has 1 saturated carbocycles. The van der Waals surface area contributed by atoms with Gasteiger partial charge in [0.25, 0.3) is 5.91 Å². The standard InChI is InChI=1S/C28H32FN5O3/c1-18-17-33(11-12-34(18)25(35)10-13-37-4)27-22(16-30)15-24(26(31-27)20-8-9-20)21-6-5-7-23(14-21)32(3)28(36)19(2)29/h5-7,14-15,18,20H,2,8-13,17H2,1,3-4H3/t18-/m1/s1. The molecule has 1 aromatic carbocycles. The number of carbonyl (C=O) groups is 2. The fraction of sp³-hybridized carbons (Fsp3) is 0.429. The summed E-state index contributed by atoms with van der Waals surface area (Å²) in [6.07, 6.45) is 2.38. The van der Waals surface area contributed by atoms with Crippen molar-refractivity contribution in [1.82, 2.24) is 9.88 Å². The third-order valence-electron chi connectivity index (χ3n) is 6.96. The molecule has 37 heavy (non-hydrogen) atoms. The molecule has 2 amide bonds. The number of benzene rings is 1. The highest BCUT2D eigenvalue weighted by Crippen LogP contribution is 2.45. The minimum absolute atomic E-state index is 0.0227. The van der Waals surface area contributed by atoms with E-state index in [1.165, 1.54) is 11.9 Å². The van der Waals surface area contributed by atoms with Gasteiger partial charge in [0.2, 0.25) is 5.91 Å². The lowest BCUT2D eigenvalue weighted by molar-refractivity contribution is -0.134. The van der Waals surface area contributed by atoms with Gasteiger partial charge in [-0.2, -0.15) is 5.26 Å². The molecule has 0 unspecified atom stereocenters. The van der Waals surface area contributed by atoms with Gasteiger partial charge < -0.3 is 19.4 Å². The van der Waals surface area contributed by atoms with Gasteiger partial charge in [-0.05, 0) is 43.5 Å². The number of likely N-dealkylation sites (N-methyl/N-ethyl adjacent to an activating group) is 1. The second-order valence-electron chi connectivity index (χ2n) is 9.62. The Labute approximate surface area is 216 Å². The van der Waals surface area contributed by atoms with Gasteiger partial charge in [-0.15, -0.1) is 0 Å². The van der Waals surface area contributed by atoms with E-state index in [-0.39, 0.29) is 11.9 Å². The first-order chi connectivity index (χ1) is 17.7. The van der Waals surface area contributed by atoms with Gasteiger partial charge in [-0.3, -0.25) is 9.59 Å². The molecular formula is C28H32FN5O3. The summed E-state index contributed by atoms with van der Waals surface area (Å²) in [5.41, 5.74) is 3.54. The Balaban J connectivity index is 1.65. The molecule has 2 fully saturated rings. The summed E-state index contributed by atoms with van der Waals surface area (Å²) in [5.74, 6) is -0.833. The van der Waals surface area contributed by atoms with E-state index in [9.17, 15) is 19.2 Å². The molecule has 9 heteroatoms. The van der Waals surface area contributed by atoms with Crippen LogP contribution in [-0.2, 0) is 14.3 Å². The molecule has 1 aliphatic carbocycles. The van der Waals surface area contributed by atoms with Crippen molar-refractivity contribution in [2.75, 3.05) is 50.2 Å². The minimum Gasteiger partial charge on any atom is -0.384 e. The lowest BCUT2D eigenvalue weighted by Gasteiger charge is -2.41. The molecule has 2 heterocycles. The van der Waals surface area contributed by atoms with Crippen LogP contribution in [0.2, 0.25) is 0 Å². The molecule has 1 aliphatic heterocycles. The lowest BCUT2D eigenvalue weighted by Crippen LogP contribution is -2.54. The van der Waals surface area contributed by atoms with Crippen LogP contribution in [0.25, 0.3) is 11.1 Å². The van der Waals surface area contributed by atoms with E-state index in [0.717, 1.165) is 29.7 Å². The Morgan fingerprint density at radius 3 is 2.68 bits per heavy atom. The Hall–Kier alpha value is -3.77. The van der Waals surface area contributed by atoms with E-state index in [1.807, 2.05) is 24.0 Å². The van der Waals surface area contributed by atoms with Crippen LogP contribution in [0, 0.1) is 11.3 Å². The molecule has 2 aliphatic rings. The zero-order valence-corrected chi connectivity index (χ0v) is 21.5. The Bertz CT molecular complexity index is 1250. The van der Waals surface area contributed by atoms with Crippen LogP contribution in [0.3, 0.4) is 0 Å². The fourth-order valence-electron chi connectivity index (χ4n) is 4.77. The average molecular weight is 506 g/mol. The summed E-state index contributed by atoms with van der Waals surface area (Å²) >= 11 is 0. The van der Waals surface area contributed by atoms with E-state index < -0.39 is 11.7 Å². The summed E-state index contributed by atoms with van der Waals surface area (Å²) in [5, 5.41) is 10.0. The maximum absolute atomic E-state index is 13.4. The van der Waals surface area contributed by atoms with Crippen molar-refractivity contribution in [3.8, 4) is 17.2 Å². The largest absolute Gasteiger partial charge is 0.384 e. The molecular weight excluding hydrogens is 473 g/mol. The maximum Gasteiger partial charge on any atom is 0.286 e. The molecule has 0 spiro atoms.